The third kappa shape index (κ3) is 3.18. The summed E-state index contributed by atoms with van der Waals surface area (Å²) in [4.78, 5) is 15.6. The van der Waals surface area contributed by atoms with Crippen LogP contribution in [-0.2, 0) is 6.42 Å². The number of rotatable bonds is 5. The van der Waals surface area contributed by atoms with E-state index in [9.17, 15) is 4.79 Å². The minimum atomic E-state index is -0.941. The van der Waals surface area contributed by atoms with E-state index in [1.165, 1.54) is 0 Å². The van der Waals surface area contributed by atoms with Gasteiger partial charge in [-0.15, -0.1) is 0 Å². The maximum absolute atomic E-state index is 11.0. The van der Waals surface area contributed by atoms with Gasteiger partial charge in [0.05, 0.1) is 31.2 Å². The molecule has 0 aliphatic carbocycles. The van der Waals surface area contributed by atoms with E-state index in [1.54, 1.807) is 32.4 Å². The van der Waals surface area contributed by atoms with Crippen molar-refractivity contribution in [1.29, 1.82) is 0 Å². The first kappa shape index (κ1) is 15.1. The Morgan fingerprint density at radius 2 is 1.83 bits per heavy atom. The molecule has 1 atom stereocenters. The first-order chi connectivity index (χ1) is 11.1. The van der Waals surface area contributed by atoms with Crippen LogP contribution >= 0.6 is 0 Å². The summed E-state index contributed by atoms with van der Waals surface area (Å²) in [7, 11) is 3.24. The van der Waals surface area contributed by atoms with Gasteiger partial charge in [-0.1, -0.05) is 12.1 Å². The van der Waals surface area contributed by atoms with Gasteiger partial charge < -0.3 is 14.6 Å². The molecular formula is C18H17NO4. The maximum Gasteiger partial charge on any atom is 0.335 e. The number of carbonyl (C=O) groups is 1. The van der Waals surface area contributed by atoms with E-state index in [0.717, 1.165) is 27.6 Å². The molecule has 1 N–H and O–H groups in total. The van der Waals surface area contributed by atoms with Crippen molar-refractivity contribution < 1.29 is 19.4 Å². The molecule has 0 aromatic heterocycles. The van der Waals surface area contributed by atoms with Gasteiger partial charge in [0, 0.05) is 6.07 Å². The lowest BCUT2D eigenvalue weighted by Gasteiger charge is -2.10. The van der Waals surface area contributed by atoms with Crippen molar-refractivity contribution in [3.05, 3.63) is 58.1 Å². The SMILES string of the molecule is COc1cc(CC2C=c3ccc(C(=O)O)cc3=N2)cc(OC)c1. The molecule has 1 aliphatic rings. The molecule has 5 heteroatoms. The summed E-state index contributed by atoms with van der Waals surface area (Å²) < 4.78 is 10.6. The van der Waals surface area contributed by atoms with Crippen molar-refractivity contribution in [2.45, 2.75) is 12.5 Å². The molecule has 23 heavy (non-hydrogen) atoms. The second-order valence-corrected chi connectivity index (χ2v) is 5.37. The normalized spacial score (nSPS) is 15.3. The lowest BCUT2D eigenvalue weighted by molar-refractivity contribution is 0.0696. The van der Waals surface area contributed by atoms with E-state index in [0.29, 0.717) is 6.42 Å². The molecule has 0 bridgehead atoms. The highest BCUT2D eigenvalue weighted by Crippen LogP contribution is 2.24. The number of carboxylic acid groups (broad SMARTS) is 1. The lowest BCUT2D eigenvalue weighted by atomic mass is 10.1. The van der Waals surface area contributed by atoms with Crippen molar-refractivity contribution in [2.75, 3.05) is 14.2 Å². The van der Waals surface area contributed by atoms with Gasteiger partial charge in [-0.25, -0.2) is 4.79 Å². The van der Waals surface area contributed by atoms with Crippen molar-refractivity contribution in [1.82, 2.24) is 0 Å². The van der Waals surface area contributed by atoms with Gasteiger partial charge in [-0.3, -0.25) is 4.99 Å². The predicted molar refractivity (Wildman–Crippen MR) is 85.7 cm³/mol. The fourth-order valence-electron chi connectivity index (χ4n) is 2.68. The largest absolute Gasteiger partial charge is 0.497 e. The monoisotopic (exact) mass is 311 g/mol. The Bertz CT molecular complexity index is 851. The van der Waals surface area contributed by atoms with Gasteiger partial charge >= 0.3 is 5.97 Å². The lowest BCUT2D eigenvalue weighted by Crippen LogP contribution is -2.22. The Labute approximate surface area is 133 Å². The Balaban J connectivity index is 1.88. The van der Waals surface area contributed by atoms with Gasteiger partial charge in [0.2, 0.25) is 0 Å². The third-order valence-corrected chi connectivity index (χ3v) is 3.81. The molecule has 2 aromatic rings. The first-order valence-electron chi connectivity index (χ1n) is 7.24. The minimum Gasteiger partial charge on any atom is -0.497 e. The zero-order valence-corrected chi connectivity index (χ0v) is 12.9. The summed E-state index contributed by atoms with van der Waals surface area (Å²) >= 11 is 0. The molecule has 1 heterocycles. The molecule has 3 rings (SSSR count). The van der Waals surface area contributed by atoms with Crippen LogP contribution < -0.4 is 20.0 Å². The van der Waals surface area contributed by atoms with Crippen LogP contribution in [0.1, 0.15) is 15.9 Å². The van der Waals surface area contributed by atoms with E-state index in [1.807, 2.05) is 24.3 Å². The molecule has 0 amide bonds. The standard InChI is InChI=1S/C18H17NO4/c1-22-15-6-11(7-16(10-15)23-2)5-14-8-12-3-4-13(18(20)21)9-17(12)19-14/h3-4,6-10,14H,5H2,1-2H3,(H,20,21). The highest BCUT2D eigenvalue weighted by Gasteiger charge is 2.13. The Morgan fingerprint density at radius 1 is 1.13 bits per heavy atom. The van der Waals surface area contributed by atoms with Gasteiger partial charge in [0.15, 0.2) is 0 Å². The van der Waals surface area contributed by atoms with E-state index in [2.05, 4.69) is 4.99 Å². The molecule has 0 radical (unpaired) electrons. The van der Waals surface area contributed by atoms with Crippen LogP contribution in [0.2, 0.25) is 0 Å². The van der Waals surface area contributed by atoms with Gasteiger partial charge in [-0.2, -0.15) is 0 Å². The number of carboxylic acids is 1. The Kier molecular flexibility index (Phi) is 4.02. The molecule has 2 aromatic carbocycles. The van der Waals surface area contributed by atoms with Crippen LogP contribution in [0, 0.1) is 0 Å². The topological polar surface area (TPSA) is 68.1 Å². The Morgan fingerprint density at radius 3 is 2.43 bits per heavy atom. The van der Waals surface area contributed by atoms with Gasteiger partial charge in [0.1, 0.15) is 11.5 Å². The van der Waals surface area contributed by atoms with Crippen LogP contribution in [0.5, 0.6) is 11.5 Å². The fourth-order valence-corrected chi connectivity index (χ4v) is 2.68. The number of fused-ring (bicyclic) bond motifs is 1. The van der Waals surface area contributed by atoms with E-state index in [-0.39, 0.29) is 11.6 Å². The van der Waals surface area contributed by atoms with Crippen LogP contribution in [-0.4, -0.2) is 31.3 Å². The average Bonchev–Trinajstić information content (AvgIpc) is 2.95. The molecule has 0 fully saturated rings. The maximum atomic E-state index is 11.0. The first-order valence-corrected chi connectivity index (χ1v) is 7.24. The van der Waals surface area contributed by atoms with E-state index >= 15 is 0 Å². The second kappa shape index (κ2) is 6.12. The van der Waals surface area contributed by atoms with Crippen molar-refractivity contribution in [2.24, 2.45) is 4.99 Å². The van der Waals surface area contributed by atoms with Crippen LogP contribution in [0.25, 0.3) is 6.08 Å². The molecule has 0 saturated heterocycles. The fraction of sp³-hybridized carbons (Fsp3) is 0.222. The number of nitrogens with zero attached hydrogens (tertiary/aromatic N) is 1. The highest BCUT2D eigenvalue weighted by atomic mass is 16.5. The molecule has 5 nitrogen and oxygen atoms in total. The van der Waals surface area contributed by atoms with Gasteiger partial charge in [-0.05, 0) is 41.5 Å². The minimum absolute atomic E-state index is 0.0224. The van der Waals surface area contributed by atoms with E-state index in [4.69, 9.17) is 14.6 Å². The van der Waals surface area contributed by atoms with Crippen LogP contribution in [0.15, 0.2) is 41.4 Å². The summed E-state index contributed by atoms with van der Waals surface area (Å²) in [6.45, 7) is 0. The zero-order valence-electron chi connectivity index (χ0n) is 12.9. The molecular weight excluding hydrogens is 294 g/mol. The number of hydrogen-bond donors (Lipinski definition) is 1. The quantitative estimate of drug-likeness (QED) is 0.907. The summed E-state index contributed by atoms with van der Waals surface area (Å²) in [5.74, 6) is 0.537. The molecule has 0 spiro atoms. The summed E-state index contributed by atoms with van der Waals surface area (Å²) in [6.07, 6.45) is 2.75. The smallest absolute Gasteiger partial charge is 0.335 e. The second-order valence-electron chi connectivity index (χ2n) is 5.37. The van der Waals surface area contributed by atoms with Crippen molar-refractivity contribution in [3.8, 4) is 11.5 Å². The number of ether oxygens (including phenoxy) is 2. The van der Waals surface area contributed by atoms with Gasteiger partial charge in [0.25, 0.3) is 0 Å². The highest BCUT2D eigenvalue weighted by molar-refractivity contribution is 5.87. The van der Waals surface area contributed by atoms with Crippen LogP contribution in [0.4, 0.5) is 0 Å². The molecule has 0 saturated carbocycles. The molecule has 1 aliphatic heterocycles. The van der Waals surface area contributed by atoms with Crippen LogP contribution in [0.3, 0.4) is 0 Å². The summed E-state index contributed by atoms with van der Waals surface area (Å²) in [6, 6.07) is 10.7. The number of aromatic carboxylic acids is 1. The predicted octanol–water partition coefficient (Wildman–Crippen LogP) is 1.43. The third-order valence-electron chi connectivity index (χ3n) is 3.81. The van der Waals surface area contributed by atoms with E-state index < -0.39 is 5.97 Å². The zero-order chi connectivity index (χ0) is 16.4. The van der Waals surface area contributed by atoms with Crippen molar-refractivity contribution >= 4 is 12.0 Å². The van der Waals surface area contributed by atoms with Crippen molar-refractivity contribution in [3.63, 3.8) is 0 Å². The average molecular weight is 311 g/mol. The molecule has 1 unspecified atom stereocenters. The summed E-state index contributed by atoms with van der Waals surface area (Å²) in [5, 5.41) is 10.7. The Hall–Kier alpha value is -2.82. The molecule has 118 valence electrons. The number of hydrogen-bond acceptors (Lipinski definition) is 4. The summed E-state index contributed by atoms with van der Waals surface area (Å²) in [5.41, 5.74) is 1.31. The number of methoxy groups -OCH3 is 2. The number of benzene rings is 2.